The zero-order valence-corrected chi connectivity index (χ0v) is 25.7. The van der Waals surface area contributed by atoms with Gasteiger partial charge in [0.05, 0.1) is 24.7 Å². The van der Waals surface area contributed by atoms with Crippen molar-refractivity contribution in [3.8, 4) is 17.2 Å². The molecule has 1 atom stereocenters. The number of fused-ring (bicyclic) bond motifs is 1. The fraction of sp³-hybridized carbons (Fsp3) is 0.531. The third-order valence-electron chi connectivity index (χ3n) is 9.09. The Morgan fingerprint density at radius 3 is 2.24 bits per heavy atom. The van der Waals surface area contributed by atoms with E-state index in [0.717, 1.165) is 19.3 Å². The van der Waals surface area contributed by atoms with Gasteiger partial charge in [-0.1, -0.05) is 6.42 Å². The van der Waals surface area contributed by atoms with E-state index < -0.39 is 29.2 Å². The minimum atomic E-state index is -5.03. The van der Waals surface area contributed by atoms with Gasteiger partial charge in [-0.05, 0) is 61.8 Å². The van der Waals surface area contributed by atoms with Crippen molar-refractivity contribution in [2.75, 3.05) is 33.9 Å². The Balaban J connectivity index is 1.35. The molecule has 46 heavy (non-hydrogen) atoms. The highest BCUT2D eigenvalue weighted by atomic mass is 19.4. The number of ether oxygens (including phenoxy) is 3. The molecular formula is C32H38F3N3O8. The molecule has 11 nitrogen and oxygen atoms in total. The summed E-state index contributed by atoms with van der Waals surface area (Å²) in [5.74, 6) is 0.353. The van der Waals surface area contributed by atoms with Crippen molar-refractivity contribution in [3.05, 3.63) is 57.8 Å². The zero-order chi connectivity index (χ0) is 33.2. The summed E-state index contributed by atoms with van der Waals surface area (Å²) in [5, 5.41) is 32.1. The molecule has 0 amide bonds. The van der Waals surface area contributed by atoms with Crippen LogP contribution in [-0.2, 0) is 23.4 Å². The molecule has 2 heterocycles. The minimum absolute atomic E-state index is 0.0732. The number of alkyl halides is 3. The van der Waals surface area contributed by atoms with Crippen molar-refractivity contribution in [1.82, 2.24) is 9.47 Å². The lowest BCUT2D eigenvalue weighted by molar-refractivity contribution is -0.384. The monoisotopic (exact) mass is 649 g/mol. The summed E-state index contributed by atoms with van der Waals surface area (Å²) in [6.07, 6.45) is -0.305. The largest absolute Gasteiger partial charge is 0.493 e. The number of aromatic nitrogens is 1. The molecule has 14 heteroatoms. The van der Waals surface area contributed by atoms with Crippen molar-refractivity contribution in [2.45, 2.75) is 69.4 Å². The summed E-state index contributed by atoms with van der Waals surface area (Å²) in [7, 11) is 2.90. The van der Waals surface area contributed by atoms with Crippen LogP contribution in [-0.4, -0.2) is 76.7 Å². The number of hydrogen-bond acceptors (Lipinski definition) is 8. The van der Waals surface area contributed by atoms with Crippen molar-refractivity contribution in [1.29, 1.82) is 0 Å². The Bertz CT molecular complexity index is 1560. The van der Waals surface area contributed by atoms with Crippen LogP contribution >= 0.6 is 0 Å². The average Bonchev–Trinajstić information content (AvgIpc) is 3.36. The van der Waals surface area contributed by atoms with Crippen molar-refractivity contribution in [2.24, 2.45) is 5.92 Å². The number of aryl methyl sites for hydroxylation is 1. The fourth-order valence-corrected chi connectivity index (χ4v) is 6.28. The number of nitro groups is 1. The number of rotatable bonds is 13. The van der Waals surface area contributed by atoms with E-state index in [1.807, 2.05) is 0 Å². The van der Waals surface area contributed by atoms with Gasteiger partial charge in [0.25, 0.3) is 5.69 Å². The molecule has 3 aromatic rings. The summed E-state index contributed by atoms with van der Waals surface area (Å²) in [6.45, 7) is 0.114. The highest BCUT2D eigenvalue weighted by Gasteiger charge is 2.57. The molecule has 2 N–H and O–H groups in total. The van der Waals surface area contributed by atoms with Gasteiger partial charge in [-0.2, -0.15) is 13.2 Å². The molecule has 2 aromatic carbocycles. The Kier molecular flexibility index (Phi) is 9.68. The number of non-ortho nitro benzene ring substituents is 1. The van der Waals surface area contributed by atoms with Crippen LogP contribution in [0.15, 0.2) is 36.5 Å². The smallest absolute Gasteiger partial charge is 0.422 e. The fourth-order valence-electron chi connectivity index (χ4n) is 6.28. The summed E-state index contributed by atoms with van der Waals surface area (Å²) in [4.78, 5) is 23.4. The van der Waals surface area contributed by atoms with Gasteiger partial charge >= 0.3 is 12.1 Å². The van der Waals surface area contributed by atoms with E-state index in [1.165, 1.54) is 38.6 Å². The molecule has 1 saturated heterocycles. The van der Waals surface area contributed by atoms with Crippen LogP contribution in [0.25, 0.3) is 10.9 Å². The molecule has 1 unspecified atom stereocenters. The lowest BCUT2D eigenvalue weighted by Crippen LogP contribution is -2.53. The lowest BCUT2D eigenvalue weighted by Gasteiger charge is -2.39. The molecule has 5 rings (SSSR count). The number of aliphatic hydroxyl groups is 1. The molecule has 1 aliphatic carbocycles. The van der Waals surface area contributed by atoms with Crippen LogP contribution in [0.2, 0.25) is 0 Å². The number of methoxy groups -OCH3 is 2. The zero-order valence-electron chi connectivity index (χ0n) is 25.7. The SMILES string of the molecule is COc1cc(CCC(=O)O)cc(OC)c1OC1CCN(CC(O)(c2cn(CC3CCC3)c3cc([N+](=O)[O-])ccc23)C(F)(F)F)CC1. The molecule has 1 saturated carbocycles. The van der Waals surface area contributed by atoms with Crippen molar-refractivity contribution in [3.63, 3.8) is 0 Å². The molecule has 0 bridgehead atoms. The van der Waals surface area contributed by atoms with Gasteiger partial charge in [-0.25, -0.2) is 0 Å². The van der Waals surface area contributed by atoms with Gasteiger partial charge in [-0.15, -0.1) is 0 Å². The molecule has 2 fully saturated rings. The Morgan fingerprint density at radius 1 is 1.07 bits per heavy atom. The van der Waals surface area contributed by atoms with E-state index >= 15 is 0 Å². The number of nitro benzene ring substituents is 1. The molecular weight excluding hydrogens is 611 g/mol. The van der Waals surface area contributed by atoms with Gasteiger partial charge in [0.1, 0.15) is 6.10 Å². The van der Waals surface area contributed by atoms with Gasteiger partial charge in [0, 0.05) is 61.9 Å². The van der Waals surface area contributed by atoms with Crippen LogP contribution in [0.4, 0.5) is 18.9 Å². The molecule has 250 valence electrons. The number of likely N-dealkylation sites (tertiary alicyclic amines) is 1. The number of β-amino-alcohol motifs (C(OH)–C–C–N with tert-alkyl or cyclic N) is 1. The first-order valence-electron chi connectivity index (χ1n) is 15.3. The highest BCUT2D eigenvalue weighted by Crippen LogP contribution is 2.45. The third-order valence-corrected chi connectivity index (χ3v) is 9.09. The number of carboxylic acid groups (broad SMARTS) is 1. The first-order chi connectivity index (χ1) is 21.8. The van der Waals surface area contributed by atoms with Crippen LogP contribution in [0.3, 0.4) is 0 Å². The maximum absolute atomic E-state index is 14.8. The summed E-state index contributed by atoms with van der Waals surface area (Å²) in [6, 6.07) is 7.09. The molecule has 1 aromatic heterocycles. The standard InChI is InChI=1S/C32H38F3N3O8/c1-44-27-14-21(6-9-29(39)40)15-28(45-2)30(27)46-23-10-12-36(13-11-23)19-31(41,32(33,34)35)25-18-37(17-20-4-3-5-20)26-16-22(38(42)43)7-8-24(25)26/h7-8,14-16,18,20,23,41H,3-6,9-13,17,19H2,1-2H3,(H,39,40). The number of halogens is 3. The predicted octanol–water partition coefficient (Wildman–Crippen LogP) is 5.68. The number of hydrogen-bond donors (Lipinski definition) is 2. The average molecular weight is 650 g/mol. The highest BCUT2D eigenvalue weighted by molar-refractivity contribution is 5.87. The van der Waals surface area contributed by atoms with Gasteiger partial charge < -0.3 is 29.0 Å². The maximum atomic E-state index is 14.8. The molecule has 0 spiro atoms. The van der Waals surface area contributed by atoms with E-state index in [2.05, 4.69) is 0 Å². The number of aliphatic carboxylic acids is 1. The van der Waals surface area contributed by atoms with E-state index in [-0.39, 0.29) is 54.6 Å². The van der Waals surface area contributed by atoms with Crippen molar-refractivity contribution < 1.29 is 47.3 Å². The number of carboxylic acids is 1. The number of carbonyl (C=O) groups is 1. The van der Waals surface area contributed by atoms with Crippen molar-refractivity contribution >= 4 is 22.6 Å². The number of piperidine rings is 1. The van der Waals surface area contributed by atoms with Crippen LogP contribution in [0.1, 0.15) is 49.7 Å². The first kappa shape index (κ1) is 33.3. The number of nitrogens with zero attached hydrogens (tertiary/aromatic N) is 3. The third kappa shape index (κ3) is 6.87. The summed E-state index contributed by atoms with van der Waals surface area (Å²) in [5.41, 5.74) is -2.79. The topological polar surface area (TPSA) is 137 Å². The Labute approximate surface area is 263 Å². The van der Waals surface area contributed by atoms with Crippen LogP contribution < -0.4 is 14.2 Å². The van der Waals surface area contributed by atoms with Gasteiger partial charge in [0.15, 0.2) is 11.5 Å². The predicted molar refractivity (Wildman–Crippen MR) is 161 cm³/mol. The quantitative estimate of drug-likeness (QED) is 0.177. The van der Waals surface area contributed by atoms with E-state index in [1.54, 1.807) is 21.6 Å². The normalized spacial score (nSPS) is 17.8. The van der Waals surface area contributed by atoms with Gasteiger partial charge in [0.2, 0.25) is 11.4 Å². The second kappa shape index (κ2) is 13.4. The number of benzene rings is 2. The second-order valence-electron chi connectivity index (χ2n) is 12.1. The minimum Gasteiger partial charge on any atom is -0.493 e. The molecule has 0 radical (unpaired) electrons. The maximum Gasteiger partial charge on any atom is 0.422 e. The van der Waals surface area contributed by atoms with E-state index in [0.29, 0.717) is 47.7 Å². The van der Waals surface area contributed by atoms with Crippen LogP contribution in [0, 0.1) is 16.0 Å². The van der Waals surface area contributed by atoms with E-state index in [9.17, 15) is 33.2 Å². The van der Waals surface area contributed by atoms with Gasteiger partial charge in [-0.3, -0.25) is 19.8 Å². The van der Waals surface area contributed by atoms with Crippen LogP contribution in [0.5, 0.6) is 17.2 Å². The second-order valence-corrected chi connectivity index (χ2v) is 12.1. The lowest BCUT2D eigenvalue weighted by atomic mass is 9.85. The molecule has 2 aliphatic rings. The summed E-state index contributed by atoms with van der Waals surface area (Å²) < 4.78 is 63.2. The summed E-state index contributed by atoms with van der Waals surface area (Å²) >= 11 is 0. The Hall–Kier alpha value is -4.04. The first-order valence-corrected chi connectivity index (χ1v) is 15.3. The molecule has 1 aliphatic heterocycles. The van der Waals surface area contributed by atoms with E-state index in [4.69, 9.17) is 19.3 Å². The Morgan fingerprint density at radius 2 is 1.72 bits per heavy atom.